The Morgan fingerprint density at radius 1 is 1.71 bits per heavy atom. The predicted molar refractivity (Wildman–Crippen MR) is 58.9 cm³/mol. The molecule has 1 aromatic rings. The second-order valence-corrected chi connectivity index (χ2v) is 4.93. The van der Waals surface area contributed by atoms with E-state index < -0.39 is 0 Å². The van der Waals surface area contributed by atoms with Crippen molar-refractivity contribution in [1.82, 2.24) is 4.90 Å². The van der Waals surface area contributed by atoms with Gasteiger partial charge in [-0.3, -0.25) is 4.79 Å². The van der Waals surface area contributed by atoms with Crippen LogP contribution in [0.15, 0.2) is 16.8 Å². The lowest BCUT2D eigenvalue weighted by molar-refractivity contribution is -0.129. The molecule has 1 fully saturated rings. The van der Waals surface area contributed by atoms with Crippen molar-refractivity contribution in [1.29, 1.82) is 0 Å². The van der Waals surface area contributed by atoms with Crippen molar-refractivity contribution >= 4 is 28.8 Å². The van der Waals surface area contributed by atoms with Crippen LogP contribution in [0.3, 0.4) is 0 Å². The molecule has 0 aliphatic carbocycles. The maximum Gasteiger partial charge on any atom is 0.227 e. The molecule has 0 spiro atoms. The fourth-order valence-corrected chi connectivity index (χ4v) is 2.56. The van der Waals surface area contributed by atoms with Crippen LogP contribution in [0.5, 0.6) is 0 Å². The molecule has 0 radical (unpaired) electrons. The molecule has 2 nitrogen and oxygen atoms in total. The van der Waals surface area contributed by atoms with Gasteiger partial charge in [0.15, 0.2) is 0 Å². The number of hydrogen-bond donors (Lipinski definition) is 0. The van der Waals surface area contributed by atoms with Crippen LogP contribution < -0.4 is 0 Å². The molecule has 2 rings (SSSR count). The SMILES string of the molecule is O=C(Cc1ccsc1)N1CCC(Cl)C1. The first-order valence-corrected chi connectivity index (χ1v) is 6.06. The average molecular weight is 230 g/mol. The van der Waals surface area contributed by atoms with E-state index in [1.54, 1.807) is 11.3 Å². The van der Waals surface area contributed by atoms with E-state index in [2.05, 4.69) is 0 Å². The van der Waals surface area contributed by atoms with Gasteiger partial charge >= 0.3 is 0 Å². The van der Waals surface area contributed by atoms with Gasteiger partial charge < -0.3 is 4.90 Å². The zero-order chi connectivity index (χ0) is 9.97. The predicted octanol–water partition coefficient (Wildman–Crippen LogP) is 2.13. The molecule has 1 aromatic heterocycles. The number of carbonyl (C=O) groups is 1. The topological polar surface area (TPSA) is 20.3 Å². The van der Waals surface area contributed by atoms with Crippen LogP contribution in [-0.2, 0) is 11.2 Å². The maximum absolute atomic E-state index is 11.7. The molecule has 0 saturated carbocycles. The smallest absolute Gasteiger partial charge is 0.227 e. The van der Waals surface area contributed by atoms with Crippen LogP contribution in [-0.4, -0.2) is 29.3 Å². The lowest BCUT2D eigenvalue weighted by atomic mass is 10.2. The van der Waals surface area contributed by atoms with Gasteiger partial charge in [-0.25, -0.2) is 0 Å². The van der Waals surface area contributed by atoms with Crippen LogP contribution in [0.2, 0.25) is 0 Å². The van der Waals surface area contributed by atoms with Gasteiger partial charge in [-0.1, -0.05) is 0 Å². The third-order valence-corrected chi connectivity index (χ3v) is 3.51. The Hall–Kier alpha value is -0.540. The second-order valence-electron chi connectivity index (χ2n) is 3.53. The Bertz CT molecular complexity index is 312. The normalized spacial score (nSPS) is 21.5. The Labute approximate surface area is 92.5 Å². The summed E-state index contributed by atoms with van der Waals surface area (Å²) in [5, 5.41) is 4.17. The van der Waals surface area contributed by atoms with Gasteiger partial charge in [-0.2, -0.15) is 11.3 Å². The monoisotopic (exact) mass is 229 g/mol. The molecule has 1 atom stereocenters. The van der Waals surface area contributed by atoms with Crippen molar-refractivity contribution < 1.29 is 4.79 Å². The Morgan fingerprint density at radius 3 is 3.14 bits per heavy atom. The number of carbonyl (C=O) groups excluding carboxylic acids is 1. The Kier molecular flexibility index (Phi) is 3.08. The molecule has 1 amide bonds. The number of halogens is 1. The van der Waals surface area contributed by atoms with Crippen LogP contribution in [0, 0.1) is 0 Å². The largest absolute Gasteiger partial charge is 0.341 e. The Morgan fingerprint density at radius 2 is 2.57 bits per heavy atom. The number of likely N-dealkylation sites (tertiary alicyclic amines) is 1. The standard InChI is InChI=1S/C10H12ClNOS/c11-9-1-3-12(6-9)10(13)5-8-2-4-14-7-8/h2,4,7,9H,1,3,5-6H2. The molecular weight excluding hydrogens is 218 g/mol. The van der Waals surface area contributed by atoms with E-state index in [1.165, 1.54) is 0 Å². The van der Waals surface area contributed by atoms with Gasteiger partial charge in [0, 0.05) is 13.1 Å². The number of amides is 1. The van der Waals surface area contributed by atoms with Crippen LogP contribution in [0.4, 0.5) is 0 Å². The van der Waals surface area contributed by atoms with Gasteiger partial charge in [0.1, 0.15) is 0 Å². The molecule has 2 heterocycles. The van der Waals surface area contributed by atoms with Gasteiger partial charge in [-0.05, 0) is 28.8 Å². The summed E-state index contributed by atoms with van der Waals surface area (Å²) >= 11 is 7.57. The Balaban J connectivity index is 1.90. The van der Waals surface area contributed by atoms with E-state index in [0.717, 1.165) is 18.5 Å². The second kappa shape index (κ2) is 4.32. The zero-order valence-electron chi connectivity index (χ0n) is 7.78. The van der Waals surface area contributed by atoms with Crippen LogP contribution >= 0.6 is 22.9 Å². The molecular formula is C10H12ClNOS. The maximum atomic E-state index is 11.7. The van der Waals surface area contributed by atoms with E-state index in [-0.39, 0.29) is 11.3 Å². The molecule has 1 aliphatic heterocycles. The fraction of sp³-hybridized carbons (Fsp3) is 0.500. The highest BCUT2D eigenvalue weighted by Gasteiger charge is 2.24. The molecule has 0 aromatic carbocycles. The number of alkyl halides is 1. The molecule has 0 N–H and O–H groups in total. The summed E-state index contributed by atoms with van der Waals surface area (Å²) in [6, 6.07) is 2.00. The van der Waals surface area contributed by atoms with E-state index in [0.29, 0.717) is 13.0 Å². The van der Waals surface area contributed by atoms with Crippen molar-refractivity contribution in [3.05, 3.63) is 22.4 Å². The van der Waals surface area contributed by atoms with Crippen LogP contribution in [0.25, 0.3) is 0 Å². The molecule has 1 aliphatic rings. The van der Waals surface area contributed by atoms with Gasteiger partial charge in [0.05, 0.1) is 11.8 Å². The third kappa shape index (κ3) is 2.28. The third-order valence-electron chi connectivity index (χ3n) is 2.42. The summed E-state index contributed by atoms with van der Waals surface area (Å²) in [5.74, 6) is 0.201. The van der Waals surface area contributed by atoms with Crippen molar-refractivity contribution in [3.8, 4) is 0 Å². The summed E-state index contributed by atoms with van der Waals surface area (Å²) in [6.07, 6.45) is 1.45. The minimum absolute atomic E-state index is 0.154. The highest BCUT2D eigenvalue weighted by atomic mass is 35.5. The number of thiophene rings is 1. The minimum Gasteiger partial charge on any atom is -0.341 e. The summed E-state index contributed by atoms with van der Waals surface area (Å²) in [7, 11) is 0. The first kappa shape index (κ1) is 9.99. The van der Waals surface area contributed by atoms with E-state index in [4.69, 9.17) is 11.6 Å². The highest BCUT2D eigenvalue weighted by molar-refractivity contribution is 7.07. The number of nitrogens with zero attached hydrogens (tertiary/aromatic N) is 1. The van der Waals surface area contributed by atoms with Crippen molar-refractivity contribution in [3.63, 3.8) is 0 Å². The van der Waals surface area contributed by atoms with Gasteiger partial charge in [0.25, 0.3) is 0 Å². The summed E-state index contributed by atoms with van der Waals surface area (Å²) in [4.78, 5) is 13.6. The summed E-state index contributed by atoms with van der Waals surface area (Å²) in [5.41, 5.74) is 1.11. The molecule has 1 unspecified atom stereocenters. The van der Waals surface area contributed by atoms with Crippen LogP contribution in [0.1, 0.15) is 12.0 Å². The lowest BCUT2D eigenvalue weighted by Crippen LogP contribution is -2.30. The minimum atomic E-state index is 0.154. The summed E-state index contributed by atoms with van der Waals surface area (Å²) in [6.45, 7) is 1.53. The first-order chi connectivity index (χ1) is 6.75. The average Bonchev–Trinajstić information content (AvgIpc) is 2.75. The van der Waals surface area contributed by atoms with Gasteiger partial charge in [-0.15, -0.1) is 11.6 Å². The fourth-order valence-electron chi connectivity index (χ4n) is 1.62. The zero-order valence-corrected chi connectivity index (χ0v) is 9.35. The van der Waals surface area contributed by atoms with Crippen molar-refractivity contribution in [2.24, 2.45) is 0 Å². The van der Waals surface area contributed by atoms with E-state index in [1.807, 2.05) is 21.7 Å². The highest BCUT2D eigenvalue weighted by Crippen LogP contribution is 2.16. The van der Waals surface area contributed by atoms with Gasteiger partial charge in [0.2, 0.25) is 5.91 Å². The molecule has 0 bridgehead atoms. The molecule has 76 valence electrons. The van der Waals surface area contributed by atoms with Crippen molar-refractivity contribution in [2.75, 3.05) is 13.1 Å². The lowest BCUT2D eigenvalue weighted by Gasteiger charge is -2.14. The summed E-state index contributed by atoms with van der Waals surface area (Å²) < 4.78 is 0. The number of rotatable bonds is 2. The molecule has 4 heteroatoms. The first-order valence-electron chi connectivity index (χ1n) is 4.68. The van der Waals surface area contributed by atoms with Crippen molar-refractivity contribution in [2.45, 2.75) is 18.2 Å². The van der Waals surface area contributed by atoms with E-state index in [9.17, 15) is 4.79 Å². The number of hydrogen-bond acceptors (Lipinski definition) is 2. The molecule has 14 heavy (non-hydrogen) atoms. The quantitative estimate of drug-likeness (QED) is 0.712. The molecule has 1 saturated heterocycles. The van der Waals surface area contributed by atoms with E-state index >= 15 is 0 Å².